The highest BCUT2D eigenvalue weighted by Crippen LogP contribution is 2.57. The number of pyridine rings is 2. The number of hydrogen-bond acceptors (Lipinski definition) is 20. The predicted octanol–water partition coefficient (Wildman–Crippen LogP) is 18.1. The van der Waals surface area contributed by atoms with E-state index in [-0.39, 0.29) is 43.8 Å². The molecule has 0 atom stereocenters. The van der Waals surface area contributed by atoms with E-state index in [2.05, 4.69) is 90.5 Å². The number of carbonyl (C=O) groups is 2. The van der Waals surface area contributed by atoms with Crippen LogP contribution in [0.25, 0.3) is 33.2 Å². The van der Waals surface area contributed by atoms with E-state index in [0.717, 1.165) is 200 Å². The number of benzene rings is 6. The van der Waals surface area contributed by atoms with Crippen molar-refractivity contribution in [2.45, 2.75) is 138 Å². The Labute approximate surface area is 738 Å². The molecule has 10 aromatic rings. The molecule has 654 valence electrons. The van der Waals surface area contributed by atoms with Gasteiger partial charge in [0.1, 0.15) is 34.3 Å². The quantitative estimate of drug-likeness (QED) is 0.0248. The Bertz CT molecular complexity index is 5980. The summed E-state index contributed by atoms with van der Waals surface area (Å²) >= 11 is 12.6. The van der Waals surface area contributed by atoms with Crippen LogP contribution in [0.3, 0.4) is 0 Å². The number of nitro benzene ring substituents is 2. The van der Waals surface area contributed by atoms with E-state index in [1.54, 1.807) is 67.3 Å². The lowest BCUT2D eigenvalue weighted by Crippen LogP contribution is -2.47. The van der Waals surface area contributed by atoms with E-state index in [0.29, 0.717) is 69.4 Å². The van der Waals surface area contributed by atoms with Crippen molar-refractivity contribution in [2.75, 3.05) is 108 Å². The van der Waals surface area contributed by atoms with Crippen molar-refractivity contribution in [1.29, 1.82) is 0 Å². The fourth-order valence-electron chi connectivity index (χ4n) is 19.7. The first-order valence-corrected chi connectivity index (χ1v) is 47.6. The molecular formula is C95H106Cl2N14O12S2. The van der Waals surface area contributed by atoms with Crippen LogP contribution in [-0.4, -0.2) is 172 Å². The molecule has 0 radical (unpaired) electrons. The fourth-order valence-corrected chi connectivity index (χ4v) is 21.9. The molecule has 125 heavy (non-hydrogen) atoms. The summed E-state index contributed by atoms with van der Waals surface area (Å²) < 4.78 is 71.9. The number of likely N-dealkylation sites (tertiary alicyclic amines) is 1. The van der Waals surface area contributed by atoms with Crippen LogP contribution >= 0.6 is 23.2 Å². The second-order valence-corrected chi connectivity index (χ2v) is 39.7. The first-order valence-electron chi connectivity index (χ1n) is 43.9. The van der Waals surface area contributed by atoms with Crippen LogP contribution in [0.2, 0.25) is 10.0 Å². The number of rotatable bonds is 26. The average Bonchev–Trinajstić information content (AvgIpc) is 1.12. The molecule has 6 fully saturated rings. The number of H-pyrrole nitrogens is 2. The van der Waals surface area contributed by atoms with E-state index >= 15 is 0 Å². The number of fused-ring (bicyclic) bond motifs is 2. The SMILES string of the molecule is CN1CCC(CCc2ccc(S(=O)(=O)NC(=O)c3ccc(N4CCN(CC5=C(c6ccc(Cl)cc6)CC6(CCC6)CC5)CC4)cc3Oc3cnc4[nH]ccc4c3)cc2[N+](=O)[O-])CC1.O=C(NS(=O)(=O)c1ccc(CCC2CCNCC2)c([N+](=O)[O-])c1)c1ccc(N2CCN(CC3=C(c4ccc(Cl)cc4)CC4(CCC4)CC3)CC2)cc1Oc1cnc2[nH]ccc2c1. The summed E-state index contributed by atoms with van der Waals surface area (Å²) in [4.78, 5) is 77.2. The van der Waals surface area contributed by atoms with Gasteiger partial charge in [-0.3, -0.25) is 39.6 Å². The van der Waals surface area contributed by atoms with Gasteiger partial charge in [-0.05, 0) is 279 Å². The van der Waals surface area contributed by atoms with Crippen LogP contribution in [0.1, 0.15) is 159 Å². The molecule has 8 heterocycles. The van der Waals surface area contributed by atoms with Gasteiger partial charge < -0.3 is 39.5 Å². The standard InChI is InChI=1S/C48H54ClN7O6S.C47H52ClN7O6S/c1-53-21-15-33(16-22-53)3-4-35-7-11-41(29-44(35)56(58)59)63(60,61)52-47(57)42-12-10-39(28-45(42)62-40-27-36-14-20-50-46(36)51-31-40)55-25-23-54(24-26-55)32-37-13-19-48(17-2-18-48)30-43(37)34-5-8-38(49)9-6-34;48-37-7-4-33(5-8-37)42-29-47(16-1-17-47)18-12-36(42)31-53-22-24-54(25-23-53)38-9-11-41(44(27-38)61-39-26-35-15-21-50-45(35)51-30-39)46(56)52-62(59,60)40-10-6-34(43(28-40)55(57)58)3-2-32-13-19-49-20-14-32/h5-12,14,20,27-29,31,33H,2-4,13,15-19,21-26,30,32H2,1H3,(H,50,51)(H,52,57);4-11,15,21,26-28,30,32,49H,1-3,12-14,16-20,22-25,29,31H2,(H,50,51)(H,52,56). The second kappa shape index (κ2) is 37.5. The summed E-state index contributed by atoms with van der Waals surface area (Å²) in [6.07, 6.45) is 28.0. The maximum atomic E-state index is 14.0. The number of allylic oxidation sites excluding steroid dienone is 2. The predicted molar refractivity (Wildman–Crippen MR) is 487 cm³/mol. The second-order valence-electron chi connectivity index (χ2n) is 35.5. The van der Waals surface area contributed by atoms with Crippen molar-refractivity contribution in [3.63, 3.8) is 0 Å². The van der Waals surface area contributed by atoms with Crippen LogP contribution in [0.5, 0.6) is 23.0 Å². The molecule has 2 spiro atoms. The number of aromatic nitrogens is 4. The first kappa shape index (κ1) is 86.6. The minimum Gasteiger partial charge on any atom is -0.455 e. The van der Waals surface area contributed by atoms with E-state index in [9.17, 15) is 46.7 Å². The normalized spacial score (nSPS) is 18.6. The van der Waals surface area contributed by atoms with Gasteiger partial charge in [0.05, 0.1) is 43.2 Å². The summed E-state index contributed by atoms with van der Waals surface area (Å²) in [5.74, 6) is 0.0943. The summed E-state index contributed by atoms with van der Waals surface area (Å²) in [6.45, 7) is 12.0. The number of sulfonamides is 2. The monoisotopic (exact) mass is 1770 g/mol. The molecule has 6 aromatic carbocycles. The van der Waals surface area contributed by atoms with Gasteiger partial charge in [-0.15, -0.1) is 0 Å². The Morgan fingerprint density at radius 2 is 0.928 bits per heavy atom. The molecule has 4 aromatic heterocycles. The fraction of sp³-hybridized carbons (Fsp3) is 0.411. The van der Waals surface area contributed by atoms with E-state index in [1.165, 1.54) is 109 Å². The summed E-state index contributed by atoms with van der Waals surface area (Å²) in [6, 6.07) is 41.9. The van der Waals surface area contributed by atoms with E-state index in [1.807, 2.05) is 42.5 Å². The van der Waals surface area contributed by atoms with Gasteiger partial charge >= 0.3 is 0 Å². The number of nitrogens with one attached hydrogen (secondary N) is 5. The molecular weight excluding hydrogens is 1660 g/mol. The summed E-state index contributed by atoms with van der Waals surface area (Å²) in [5.41, 5.74) is 12.8. The summed E-state index contributed by atoms with van der Waals surface area (Å²) in [5, 5.41) is 30.8. The lowest BCUT2D eigenvalue weighted by Gasteiger charge is -2.47. The Hall–Kier alpha value is -10.6. The Morgan fingerprint density at radius 3 is 1.33 bits per heavy atom. The molecule has 4 aliphatic carbocycles. The van der Waals surface area contributed by atoms with Gasteiger partial charge in [-0.25, -0.2) is 36.2 Å². The number of aromatic amines is 2. The molecule has 26 nitrogen and oxygen atoms in total. The van der Waals surface area contributed by atoms with Crippen LogP contribution in [0, 0.1) is 42.9 Å². The number of nitro groups is 2. The van der Waals surface area contributed by atoms with Crippen molar-refractivity contribution in [3.8, 4) is 23.0 Å². The number of ether oxygens (including phenoxy) is 2. The van der Waals surface area contributed by atoms with Gasteiger partial charge in [0.2, 0.25) is 0 Å². The number of halogens is 2. The third-order valence-electron chi connectivity index (χ3n) is 27.5. The number of amides is 2. The maximum absolute atomic E-state index is 14.0. The molecule has 4 aliphatic heterocycles. The largest absolute Gasteiger partial charge is 0.455 e. The third-order valence-corrected chi connectivity index (χ3v) is 30.7. The lowest BCUT2D eigenvalue weighted by atomic mass is 9.59. The minimum absolute atomic E-state index is 0.0115. The molecule has 2 saturated carbocycles. The number of anilines is 2. The topological polar surface area (TPSA) is 317 Å². The van der Waals surface area contributed by atoms with Gasteiger partial charge in [0, 0.05) is 145 Å². The molecule has 30 heteroatoms. The van der Waals surface area contributed by atoms with E-state index in [4.69, 9.17) is 32.7 Å². The minimum atomic E-state index is -4.52. The number of carbonyl (C=O) groups excluding carboxylic acids is 2. The van der Waals surface area contributed by atoms with Crippen molar-refractivity contribution in [3.05, 3.63) is 245 Å². The first-order chi connectivity index (χ1) is 60.4. The van der Waals surface area contributed by atoms with Crippen LogP contribution in [-0.2, 0) is 32.9 Å². The highest BCUT2D eigenvalue weighted by atomic mass is 35.5. The van der Waals surface area contributed by atoms with Crippen molar-refractivity contribution in [2.24, 2.45) is 22.7 Å². The van der Waals surface area contributed by atoms with Crippen LogP contribution in [0.4, 0.5) is 22.7 Å². The van der Waals surface area contributed by atoms with Crippen molar-refractivity contribution >= 4 is 111 Å². The highest BCUT2D eigenvalue weighted by Gasteiger charge is 2.43. The van der Waals surface area contributed by atoms with Crippen molar-refractivity contribution in [1.82, 2.24) is 49.4 Å². The zero-order valence-corrected chi connectivity index (χ0v) is 73.5. The molecule has 2 amide bonds. The molecule has 0 unspecified atom stereocenters. The number of nitrogens with zero attached hydrogens (tertiary/aromatic N) is 9. The van der Waals surface area contributed by atoms with Crippen molar-refractivity contribution < 1.29 is 45.7 Å². The zero-order chi connectivity index (χ0) is 86.6. The number of hydrogen-bond donors (Lipinski definition) is 5. The van der Waals surface area contributed by atoms with Gasteiger partial charge in [-0.1, -0.05) is 83.6 Å². The zero-order valence-electron chi connectivity index (χ0n) is 70.4. The Balaban J connectivity index is 0.000000177. The Kier molecular flexibility index (Phi) is 26.0. The average molecular weight is 1770 g/mol. The molecule has 4 saturated heterocycles. The number of piperazine rings is 2. The van der Waals surface area contributed by atoms with Crippen LogP contribution in [0.15, 0.2) is 191 Å². The van der Waals surface area contributed by atoms with Gasteiger partial charge in [-0.2, -0.15) is 0 Å². The number of aryl methyl sites for hydroxylation is 2. The maximum Gasteiger partial charge on any atom is 0.273 e. The third kappa shape index (κ3) is 20.3. The number of piperidine rings is 2. The van der Waals surface area contributed by atoms with Crippen LogP contribution < -0.4 is 34.0 Å². The Morgan fingerprint density at radius 1 is 0.512 bits per heavy atom. The molecule has 5 N–H and O–H groups in total. The van der Waals surface area contributed by atoms with E-state index < -0.39 is 41.7 Å². The molecule has 0 bridgehead atoms. The molecule has 18 rings (SSSR count). The highest BCUT2D eigenvalue weighted by molar-refractivity contribution is 7.90. The molecule has 8 aliphatic rings. The smallest absolute Gasteiger partial charge is 0.273 e. The van der Waals surface area contributed by atoms with Gasteiger partial charge in [0.15, 0.2) is 0 Å². The summed E-state index contributed by atoms with van der Waals surface area (Å²) in [7, 11) is -6.94. The lowest BCUT2D eigenvalue weighted by molar-refractivity contribution is -0.385. The van der Waals surface area contributed by atoms with Gasteiger partial charge in [0.25, 0.3) is 43.2 Å².